The summed E-state index contributed by atoms with van der Waals surface area (Å²) in [6, 6.07) is 6.35. The first-order valence-corrected chi connectivity index (χ1v) is 10.0. The van der Waals surface area contributed by atoms with Gasteiger partial charge in [-0.2, -0.15) is 0 Å². The van der Waals surface area contributed by atoms with Crippen molar-refractivity contribution in [3.63, 3.8) is 0 Å². The SMILES string of the molecule is CC(C)(C)N1CCN(C(=O)NCCc2ccc(S(N)(=O)=O)cc2)CC1. The summed E-state index contributed by atoms with van der Waals surface area (Å²) in [5, 5.41) is 8.00. The molecule has 1 aliphatic heterocycles. The molecule has 140 valence electrons. The molecule has 1 aliphatic rings. The lowest BCUT2D eigenvalue weighted by atomic mass is 10.1. The Bertz CT molecular complexity index is 688. The zero-order chi connectivity index (χ0) is 18.7. The van der Waals surface area contributed by atoms with Crippen molar-refractivity contribution in [2.75, 3.05) is 32.7 Å². The van der Waals surface area contributed by atoms with E-state index in [0.29, 0.717) is 13.0 Å². The minimum absolute atomic E-state index is 0.0466. The van der Waals surface area contributed by atoms with E-state index in [4.69, 9.17) is 5.14 Å². The predicted molar refractivity (Wildman–Crippen MR) is 97.8 cm³/mol. The van der Waals surface area contributed by atoms with Gasteiger partial charge in [0.05, 0.1) is 4.90 Å². The number of carbonyl (C=O) groups is 1. The van der Waals surface area contributed by atoms with Gasteiger partial charge >= 0.3 is 6.03 Å². The number of amides is 2. The quantitative estimate of drug-likeness (QED) is 0.829. The zero-order valence-electron chi connectivity index (χ0n) is 15.2. The van der Waals surface area contributed by atoms with Crippen molar-refractivity contribution in [3.05, 3.63) is 29.8 Å². The summed E-state index contributed by atoms with van der Waals surface area (Å²) in [6.45, 7) is 10.3. The number of hydrogen-bond donors (Lipinski definition) is 2. The van der Waals surface area contributed by atoms with Crippen molar-refractivity contribution < 1.29 is 13.2 Å². The Morgan fingerprint density at radius 3 is 2.16 bits per heavy atom. The average Bonchev–Trinajstić information content (AvgIpc) is 2.54. The highest BCUT2D eigenvalue weighted by Gasteiger charge is 2.27. The fourth-order valence-electron chi connectivity index (χ4n) is 2.85. The molecule has 0 atom stereocenters. The van der Waals surface area contributed by atoms with Crippen molar-refractivity contribution in [1.29, 1.82) is 0 Å². The molecule has 7 nitrogen and oxygen atoms in total. The van der Waals surface area contributed by atoms with Crippen LogP contribution in [0.5, 0.6) is 0 Å². The Kier molecular flexibility index (Phi) is 6.08. The summed E-state index contributed by atoms with van der Waals surface area (Å²) in [6.07, 6.45) is 0.637. The van der Waals surface area contributed by atoms with E-state index in [2.05, 4.69) is 31.0 Å². The van der Waals surface area contributed by atoms with E-state index in [-0.39, 0.29) is 16.5 Å². The molecule has 0 aromatic heterocycles. The van der Waals surface area contributed by atoms with Gasteiger partial charge in [0.25, 0.3) is 0 Å². The van der Waals surface area contributed by atoms with Crippen LogP contribution in [0.15, 0.2) is 29.2 Å². The van der Waals surface area contributed by atoms with Crippen LogP contribution in [0.25, 0.3) is 0 Å². The maximum atomic E-state index is 12.2. The van der Waals surface area contributed by atoms with Crippen LogP contribution in [-0.2, 0) is 16.4 Å². The molecule has 0 aliphatic carbocycles. The van der Waals surface area contributed by atoms with Gasteiger partial charge in [-0.15, -0.1) is 0 Å². The number of benzene rings is 1. The molecule has 1 fully saturated rings. The molecule has 8 heteroatoms. The Morgan fingerprint density at radius 2 is 1.68 bits per heavy atom. The third-order valence-corrected chi connectivity index (χ3v) is 5.39. The third kappa shape index (κ3) is 5.69. The van der Waals surface area contributed by atoms with Crippen LogP contribution in [0.1, 0.15) is 26.3 Å². The highest BCUT2D eigenvalue weighted by atomic mass is 32.2. The van der Waals surface area contributed by atoms with Gasteiger partial charge in [-0.1, -0.05) is 12.1 Å². The smallest absolute Gasteiger partial charge is 0.317 e. The largest absolute Gasteiger partial charge is 0.338 e. The fourth-order valence-corrected chi connectivity index (χ4v) is 3.37. The Labute approximate surface area is 150 Å². The Balaban J connectivity index is 1.76. The average molecular weight is 369 g/mol. The number of primary sulfonamides is 1. The molecular weight excluding hydrogens is 340 g/mol. The van der Waals surface area contributed by atoms with Crippen molar-refractivity contribution in [2.24, 2.45) is 5.14 Å². The van der Waals surface area contributed by atoms with Crippen molar-refractivity contribution in [2.45, 2.75) is 37.6 Å². The van der Waals surface area contributed by atoms with E-state index >= 15 is 0 Å². The van der Waals surface area contributed by atoms with Crippen LogP contribution in [-0.4, -0.2) is 62.5 Å². The van der Waals surface area contributed by atoms with E-state index in [0.717, 1.165) is 31.7 Å². The van der Waals surface area contributed by atoms with Gasteiger partial charge in [0.1, 0.15) is 0 Å². The first-order valence-electron chi connectivity index (χ1n) is 8.47. The first kappa shape index (κ1) is 19.7. The molecule has 0 bridgehead atoms. The highest BCUT2D eigenvalue weighted by Crippen LogP contribution is 2.15. The lowest BCUT2D eigenvalue weighted by Crippen LogP contribution is -2.56. The van der Waals surface area contributed by atoms with Crippen LogP contribution in [0.3, 0.4) is 0 Å². The van der Waals surface area contributed by atoms with Crippen molar-refractivity contribution >= 4 is 16.1 Å². The van der Waals surface area contributed by atoms with Crippen LogP contribution >= 0.6 is 0 Å². The van der Waals surface area contributed by atoms with Crippen LogP contribution in [0.4, 0.5) is 4.79 Å². The number of nitrogens with zero attached hydrogens (tertiary/aromatic N) is 2. The van der Waals surface area contributed by atoms with Gasteiger partial charge < -0.3 is 10.2 Å². The molecule has 25 heavy (non-hydrogen) atoms. The van der Waals surface area contributed by atoms with Gasteiger partial charge in [0.15, 0.2) is 0 Å². The number of hydrogen-bond acceptors (Lipinski definition) is 4. The molecular formula is C17H28N4O3S. The lowest BCUT2D eigenvalue weighted by Gasteiger charge is -2.42. The van der Waals surface area contributed by atoms with Gasteiger partial charge in [-0.05, 0) is 44.9 Å². The lowest BCUT2D eigenvalue weighted by molar-refractivity contribution is 0.0744. The van der Waals surface area contributed by atoms with Gasteiger partial charge in [0, 0.05) is 38.3 Å². The van der Waals surface area contributed by atoms with Crippen molar-refractivity contribution in [3.8, 4) is 0 Å². The minimum atomic E-state index is -3.66. The number of piperazine rings is 1. The number of urea groups is 1. The second-order valence-electron chi connectivity index (χ2n) is 7.32. The molecule has 1 saturated heterocycles. The maximum absolute atomic E-state index is 12.2. The molecule has 1 heterocycles. The van der Waals surface area contributed by atoms with Gasteiger partial charge in [-0.3, -0.25) is 4.90 Å². The second kappa shape index (κ2) is 7.72. The predicted octanol–water partition coefficient (Wildman–Crippen LogP) is 1.00. The second-order valence-corrected chi connectivity index (χ2v) is 8.88. The minimum Gasteiger partial charge on any atom is -0.338 e. The standard InChI is InChI=1S/C17H28N4O3S/c1-17(2,3)21-12-10-20(11-13-21)16(22)19-9-8-14-4-6-15(7-5-14)25(18,23)24/h4-7H,8-13H2,1-3H3,(H,19,22)(H2,18,23,24). The van der Waals surface area contributed by atoms with E-state index in [1.807, 2.05) is 4.90 Å². The summed E-state index contributed by atoms with van der Waals surface area (Å²) < 4.78 is 22.4. The topological polar surface area (TPSA) is 95.7 Å². The molecule has 0 spiro atoms. The molecule has 0 saturated carbocycles. The summed E-state index contributed by atoms with van der Waals surface area (Å²) in [5.74, 6) is 0. The number of nitrogens with two attached hydrogens (primary N) is 1. The molecule has 3 N–H and O–H groups in total. The summed E-state index contributed by atoms with van der Waals surface area (Å²) >= 11 is 0. The summed E-state index contributed by atoms with van der Waals surface area (Å²) in [5.41, 5.74) is 1.08. The van der Waals surface area contributed by atoms with Crippen molar-refractivity contribution in [1.82, 2.24) is 15.1 Å². The van der Waals surface area contributed by atoms with Crippen LogP contribution in [0.2, 0.25) is 0 Å². The number of rotatable bonds is 4. The Hall–Kier alpha value is -1.64. The molecule has 0 unspecified atom stereocenters. The van der Waals surface area contributed by atoms with E-state index in [1.54, 1.807) is 12.1 Å². The monoisotopic (exact) mass is 368 g/mol. The third-order valence-electron chi connectivity index (χ3n) is 4.46. The fraction of sp³-hybridized carbons (Fsp3) is 0.588. The number of nitrogens with one attached hydrogen (secondary N) is 1. The first-order chi connectivity index (χ1) is 11.6. The van der Waals surface area contributed by atoms with E-state index < -0.39 is 10.0 Å². The van der Waals surface area contributed by atoms with Crippen LogP contribution in [0, 0.1) is 0 Å². The summed E-state index contributed by atoms with van der Waals surface area (Å²) in [7, 11) is -3.66. The molecule has 0 radical (unpaired) electrons. The molecule has 1 aromatic carbocycles. The van der Waals surface area contributed by atoms with Crippen LogP contribution < -0.4 is 10.5 Å². The highest BCUT2D eigenvalue weighted by molar-refractivity contribution is 7.89. The molecule has 1 aromatic rings. The molecule has 2 rings (SSSR count). The Morgan fingerprint density at radius 1 is 1.12 bits per heavy atom. The van der Waals surface area contributed by atoms with E-state index in [1.165, 1.54) is 12.1 Å². The van der Waals surface area contributed by atoms with Gasteiger partial charge in [-0.25, -0.2) is 18.4 Å². The maximum Gasteiger partial charge on any atom is 0.317 e. The molecule has 2 amide bonds. The number of sulfonamides is 1. The normalized spacial score (nSPS) is 16.7. The summed E-state index contributed by atoms with van der Waals surface area (Å²) in [4.78, 5) is 16.5. The number of carbonyl (C=O) groups excluding carboxylic acids is 1. The zero-order valence-corrected chi connectivity index (χ0v) is 16.0. The van der Waals surface area contributed by atoms with Gasteiger partial charge in [0.2, 0.25) is 10.0 Å². The van der Waals surface area contributed by atoms with E-state index in [9.17, 15) is 13.2 Å².